The van der Waals surface area contributed by atoms with Crippen LogP contribution in [0, 0.1) is 6.92 Å². The van der Waals surface area contributed by atoms with Gasteiger partial charge in [-0.05, 0) is 60.4 Å². The highest BCUT2D eigenvalue weighted by Crippen LogP contribution is 2.33. The Morgan fingerprint density at radius 2 is 1.73 bits per heavy atom. The zero-order chi connectivity index (χ0) is 23.8. The minimum Gasteiger partial charge on any atom is -0.495 e. The lowest BCUT2D eigenvalue weighted by Crippen LogP contribution is -2.50. The first-order chi connectivity index (χ1) is 15.7. The lowest BCUT2D eigenvalue weighted by atomic mass is 9.95. The number of fused-ring (bicyclic) bond motifs is 1. The largest absolute Gasteiger partial charge is 0.495 e. The van der Waals surface area contributed by atoms with Crippen molar-refractivity contribution in [2.75, 3.05) is 12.4 Å². The highest BCUT2D eigenvalue weighted by Gasteiger charge is 2.39. The highest BCUT2D eigenvalue weighted by atomic mass is 35.5. The summed E-state index contributed by atoms with van der Waals surface area (Å²) in [6, 6.07) is 15.8. The number of sulfonamides is 1. The number of anilines is 1. The molecule has 0 bridgehead atoms. The molecule has 4 rings (SSSR count). The molecular formula is C24H22Cl2N2O4S. The van der Waals surface area contributed by atoms with Crippen molar-refractivity contribution in [3.05, 3.63) is 87.4 Å². The summed E-state index contributed by atoms with van der Waals surface area (Å²) in [4.78, 5) is 13.5. The summed E-state index contributed by atoms with van der Waals surface area (Å²) < 4.78 is 33.7. The van der Waals surface area contributed by atoms with Crippen LogP contribution in [-0.2, 0) is 27.8 Å². The van der Waals surface area contributed by atoms with Gasteiger partial charge in [0.2, 0.25) is 15.9 Å². The molecule has 1 atom stereocenters. The van der Waals surface area contributed by atoms with Crippen molar-refractivity contribution in [3.63, 3.8) is 0 Å². The molecule has 0 fully saturated rings. The van der Waals surface area contributed by atoms with Gasteiger partial charge in [-0.15, -0.1) is 0 Å². The maximum atomic E-state index is 13.6. The lowest BCUT2D eigenvalue weighted by molar-refractivity contribution is -0.120. The number of benzene rings is 3. The molecule has 1 aliphatic heterocycles. The number of nitrogens with one attached hydrogen (secondary N) is 1. The summed E-state index contributed by atoms with van der Waals surface area (Å²) in [6.07, 6.45) is 0.240. The van der Waals surface area contributed by atoms with E-state index in [0.29, 0.717) is 21.5 Å². The van der Waals surface area contributed by atoms with E-state index in [1.54, 1.807) is 12.1 Å². The molecule has 1 heterocycles. The Morgan fingerprint density at radius 3 is 2.39 bits per heavy atom. The Bertz CT molecular complexity index is 1310. The van der Waals surface area contributed by atoms with E-state index in [9.17, 15) is 13.2 Å². The number of nitrogens with zero attached hydrogens (tertiary/aromatic N) is 1. The molecule has 33 heavy (non-hydrogen) atoms. The van der Waals surface area contributed by atoms with Crippen LogP contribution in [-0.4, -0.2) is 31.8 Å². The van der Waals surface area contributed by atoms with Gasteiger partial charge in [0.15, 0.2) is 0 Å². The molecule has 0 unspecified atom stereocenters. The quantitative estimate of drug-likeness (QED) is 0.526. The smallest absolute Gasteiger partial charge is 0.244 e. The summed E-state index contributed by atoms with van der Waals surface area (Å²) in [5.74, 6) is -0.0654. The van der Waals surface area contributed by atoms with Crippen molar-refractivity contribution < 1.29 is 17.9 Å². The molecule has 0 saturated heterocycles. The SMILES string of the molecule is COc1cc(Cl)c(C)cc1NC(=O)[C@H]1Cc2ccccc2CN1S(=O)(=O)c1ccc(Cl)cc1. The average Bonchev–Trinajstić information content (AvgIpc) is 2.80. The average molecular weight is 505 g/mol. The number of methoxy groups -OCH3 is 1. The summed E-state index contributed by atoms with van der Waals surface area (Å²) >= 11 is 12.1. The van der Waals surface area contributed by atoms with E-state index in [1.165, 1.54) is 35.7 Å². The topological polar surface area (TPSA) is 75.7 Å². The fraction of sp³-hybridized carbons (Fsp3) is 0.208. The number of carbonyl (C=O) groups excluding carboxylic acids is 1. The normalized spacial score (nSPS) is 16.2. The molecule has 0 aromatic heterocycles. The fourth-order valence-corrected chi connectivity index (χ4v) is 5.71. The summed E-state index contributed by atoms with van der Waals surface area (Å²) in [5, 5.41) is 3.77. The van der Waals surface area contributed by atoms with Crippen molar-refractivity contribution in [1.29, 1.82) is 0 Å². The van der Waals surface area contributed by atoms with Gasteiger partial charge < -0.3 is 10.1 Å². The van der Waals surface area contributed by atoms with Gasteiger partial charge in [0.25, 0.3) is 0 Å². The Morgan fingerprint density at radius 1 is 1.06 bits per heavy atom. The van der Waals surface area contributed by atoms with Crippen LogP contribution in [0.15, 0.2) is 65.6 Å². The predicted octanol–water partition coefficient (Wildman–Crippen LogP) is 5.06. The van der Waals surface area contributed by atoms with Crippen LogP contribution in [0.4, 0.5) is 5.69 Å². The molecule has 1 N–H and O–H groups in total. The van der Waals surface area contributed by atoms with Gasteiger partial charge in [-0.2, -0.15) is 4.31 Å². The third-order valence-electron chi connectivity index (χ3n) is 5.67. The second-order valence-corrected chi connectivity index (χ2v) is 10.5. The number of aryl methyl sites for hydroxylation is 1. The summed E-state index contributed by atoms with van der Waals surface area (Å²) in [5.41, 5.74) is 2.97. The van der Waals surface area contributed by atoms with Crippen LogP contribution in [0.25, 0.3) is 0 Å². The summed E-state index contributed by atoms with van der Waals surface area (Å²) in [6.45, 7) is 1.89. The molecule has 9 heteroatoms. The second-order valence-electron chi connectivity index (χ2n) is 7.78. The maximum absolute atomic E-state index is 13.6. The monoisotopic (exact) mass is 504 g/mol. The zero-order valence-electron chi connectivity index (χ0n) is 18.0. The van der Waals surface area contributed by atoms with Gasteiger partial charge in [0.05, 0.1) is 17.7 Å². The molecule has 0 spiro atoms. The van der Waals surface area contributed by atoms with E-state index in [2.05, 4.69) is 5.32 Å². The van der Waals surface area contributed by atoms with Gasteiger partial charge in [0.1, 0.15) is 11.8 Å². The number of ether oxygens (including phenoxy) is 1. The number of amides is 1. The van der Waals surface area contributed by atoms with Crippen LogP contribution in [0.3, 0.4) is 0 Å². The molecule has 0 radical (unpaired) electrons. The third kappa shape index (κ3) is 4.73. The number of carbonyl (C=O) groups is 1. The number of rotatable bonds is 5. The van der Waals surface area contributed by atoms with Gasteiger partial charge in [-0.25, -0.2) is 8.42 Å². The van der Waals surface area contributed by atoms with Crippen molar-refractivity contribution >= 4 is 44.8 Å². The van der Waals surface area contributed by atoms with Crippen molar-refractivity contribution in [2.45, 2.75) is 30.8 Å². The van der Waals surface area contributed by atoms with E-state index in [1.807, 2.05) is 31.2 Å². The fourth-order valence-electron chi connectivity index (χ4n) is 3.86. The molecule has 0 aliphatic carbocycles. The maximum Gasteiger partial charge on any atom is 0.244 e. The lowest BCUT2D eigenvalue weighted by Gasteiger charge is -2.35. The molecular weight excluding hydrogens is 483 g/mol. The minimum atomic E-state index is -3.98. The highest BCUT2D eigenvalue weighted by molar-refractivity contribution is 7.89. The molecule has 6 nitrogen and oxygen atoms in total. The van der Waals surface area contributed by atoms with Crippen molar-refractivity contribution in [2.24, 2.45) is 0 Å². The number of hydrogen-bond donors (Lipinski definition) is 1. The first-order valence-electron chi connectivity index (χ1n) is 10.2. The molecule has 3 aromatic rings. The Labute approximate surface area is 203 Å². The van der Waals surface area contributed by atoms with Crippen LogP contribution in [0.2, 0.25) is 10.0 Å². The van der Waals surface area contributed by atoms with E-state index in [4.69, 9.17) is 27.9 Å². The Hall–Kier alpha value is -2.58. The van der Waals surface area contributed by atoms with E-state index >= 15 is 0 Å². The van der Waals surface area contributed by atoms with Crippen LogP contribution in [0.1, 0.15) is 16.7 Å². The molecule has 1 amide bonds. The van der Waals surface area contributed by atoms with Gasteiger partial charge in [-0.3, -0.25) is 4.79 Å². The van der Waals surface area contributed by atoms with Gasteiger partial charge in [0, 0.05) is 22.7 Å². The Kier molecular flexibility index (Phi) is 6.68. The predicted molar refractivity (Wildman–Crippen MR) is 129 cm³/mol. The van der Waals surface area contributed by atoms with Crippen molar-refractivity contribution in [3.8, 4) is 5.75 Å². The van der Waals surface area contributed by atoms with Crippen molar-refractivity contribution in [1.82, 2.24) is 4.31 Å². The van der Waals surface area contributed by atoms with Crippen LogP contribution in [0.5, 0.6) is 5.75 Å². The first-order valence-corrected chi connectivity index (χ1v) is 12.4. The third-order valence-corrected chi connectivity index (χ3v) is 8.20. The molecule has 0 saturated carbocycles. The number of hydrogen-bond acceptors (Lipinski definition) is 4. The Balaban J connectivity index is 1.73. The van der Waals surface area contributed by atoms with E-state index in [0.717, 1.165) is 16.7 Å². The number of halogens is 2. The molecule has 172 valence electrons. The summed E-state index contributed by atoms with van der Waals surface area (Å²) in [7, 11) is -2.50. The van der Waals surface area contributed by atoms with Crippen LogP contribution >= 0.6 is 23.2 Å². The van der Waals surface area contributed by atoms with E-state index in [-0.39, 0.29) is 17.9 Å². The van der Waals surface area contributed by atoms with E-state index < -0.39 is 22.0 Å². The molecule has 3 aromatic carbocycles. The van der Waals surface area contributed by atoms with Gasteiger partial charge >= 0.3 is 0 Å². The standard InChI is InChI=1S/C24H22Cl2N2O4S/c1-15-11-21(23(32-2)13-20(15)26)27-24(29)22-12-16-5-3-4-6-17(16)14-28(22)33(30,31)19-9-7-18(25)8-10-19/h3-11,13,22H,12,14H2,1-2H3,(H,27,29)/t22-/m1/s1. The van der Waals surface area contributed by atoms with Gasteiger partial charge in [-0.1, -0.05) is 47.5 Å². The minimum absolute atomic E-state index is 0.0731. The molecule has 1 aliphatic rings. The first kappa shape index (κ1) is 23.6. The van der Waals surface area contributed by atoms with Crippen LogP contribution < -0.4 is 10.1 Å². The second kappa shape index (κ2) is 9.35. The zero-order valence-corrected chi connectivity index (χ0v) is 20.3.